The van der Waals surface area contributed by atoms with E-state index >= 15 is 0 Å². The van der Waals surface area contributed by atoms with Crippen LogP contribution >= 0.6 is 0 Å². The average Bonchev–Trinajstić information content (AvgIpc) is 3.20. The van der Waals surface area contributed by atoms with Crippen molar-refractivity contribution in [2.45, 2.75) is 88.6 Å². The Bertz CT molecular complexity index is 1220. The summed E-state index contributed by atoms with van der Waals surface area (Å²) in [5.74, 6) is -3.84. The van der Waals surface area contributed by atoms with Crippen LogP contribution in [0.15, 0.2) is 12.1 Å². The molecule has 232 valence electrons. The van der Waals surface area contributed by atoms with Crippen molar-refractivity contribution in [3.63, 3.8) is 0 Å². The van der Waals surface area contributed by atoms with E-state index in [4.69, 9.17) is 4.74 Å². The molecule has 1 N–H and O–H groups in total. The zero-order valence-electron chi connectivity index (χ0n) is 24.2. The first-order valence-electron chi connectivity index (χ1n) is 14.3. The third kappa shape index (κ3) is 7.70. The van der Waals surface area contributed by atoms with Gasteiger partial charge in [-0.25, -0.2) is 30.5 Å². The quantitative estimate of drug-likeness (QED) is 0.404. The number of nitrogens with one attached hydrogen (secondary N) is 1. The molecule has 1 unspecified atom stereocenters. The maximum absolute atomic E-state index is 14.6. The molecule has 41 heavy (non-hydrogen) atoms. The molecule has 0 radical (unpaired) electrons. The SMILES string of the molecule is CN(CCS(=O)(=O)N1[C@@H]2CC[C@H]1CC([C@@H](Cc1cc(F)c(F)cc1F)N[S@@](=O)C(C)(C)C)C2)C(=O)C1CCOCC1. The highest BCUT2D eigenvalue weighted by Crippen LogP contribution is 2.42. The van der Waals surface area contributed by atoms with E-state index in [0.717, 1.165) is 6.07 Å². The summed E-state index contributed by atoms with van der Waals surface area (Å²) < 4.78 is 91.6. The van der Waals surface area contributed by atoms with Crippen LogP contribution in [0.1, 0.15) is 64.9 Å². The van der Waals surface area contributed by atoms with Crippen LogP contribution in [0, 0.1) is 29.3 Å². The molecule has 0 aromatic heterocycles. The fraction of sp³-hybridized carbons (Fsp3) is 0.750. The highest BCUT2D eigenvalue weighted by Gasteiger charge is 2.48. The number of carbonyl (C=O) groups is 1. The number of ether oxygens (including phenoxy) is 1. The predicted octanol–water partition coefficient (Wildman–Crippen LogP) is 3.52. The minimum absolute atomic E-state index is 0.0131. The van der Waals surface area contributed by atoms with E-state index in [1.165, 1.54) is 4.90 Å². The zero-order valence-corrected chi connectivity index (χ0v) is 25.8. The van der Waals surface area contributed by atoms with Crippen molar-refractivity contribution in [3.8, 4) is 0 Å². The Morgan fingerprint density at radius 3 is 2.24 bits per heavy atom. The van der Waals surface area contributed by atoms with Crippen LogP contribution in [0.5, 0.6) is 0 Å². The van der Waals surface area contributed by atoms with Crippen molar-refractivity contribution in [3.05, 3.63) is 35.1 Å². The molecule has 1 amide bonds. The third-order valence-electron chi connectivity index (χ3n) is 8.57. The van der Waals surface area contributed by atoms with E-state index in [0.29, 0.717) is 57.8 Å². The Morgan fingerprint density at radius 1 is 1.07 bits per heavy atom. The number of benzene rings is 1. The summed E-state index contributed by atoms with van der Waals surface area (Å²) in [7, 11) is -3.55. The standard InChI is InChI=1S/C28H42F3N3O5S2/c1-28(2,3)40(36)32-26(16-19-15-24(30)25(31)17-23(19)29)20-13-21-5-6-22(14-20)34(21)41(37,38)12-9-33(4)27(35)18-7-10-39-11-8-18/h15,17-18,20-22,26,32H,5-14,16H2,1-4H3/t20?,21-,22+,26-,40+/m1/s1. The fourth-order valence-electron chi connectivity index (χ4n) is 6.26. The molecule has 2 bridgehead atoms. The molecule has 3 fully saturated rings. The second kappa shape index (κ2) is 13.0. The third-order valence-corrected chi connectivity index (χ3v) is 12.1. The first-order chi connectivity index (χ1) is 19.2. The molecule has 3 heterocycles. The largest absolute Gasteiger partial charge is 0.381 e. The zero-order chi connectivity index (χ0) is 30.1. The van der Waals surface area contributed by atoms with E-state index in [1.54, 1.807) is 32.1 Å². The van der Waals surface area contributed by atoms with E-state index in [1.807, 2.05) is 0 Å². The van der Waals surface area contributed by atoms with Gasteiger partial charge in [0.2, 0.25) is 15.9 Å². The van der Waals surface area contributed by atoms with E-state index in [-0.39, 0.29) is 54.1 Å². The van der Waals surface area contributed by atoms with Crippen molar-refractivity contribution in [2.75, 3.05) is 32.6 Å². The van der Waals surface area contributed by atoms with Crippen molar-refractivity contribution in [1.29, 1.82) is 0 Å². The molecule has 4 rings (SSSR count). The van der Waals surface area contributed by atoms with Gasteiger partial charge in [0.15, 0.2) is 11.6 Å². The normalized spacial score (nSPS) is 25.7. The Balaban J connectivity index is 1.46. The second-order valence-corrected chi connectivity index (χ2v) is 16.6. The number of carbonyl (C=O) groups excluding carboxylic acids is 1. The lowest BCUT2D eigenvalue weighted by Crippen LogP contribution is -2.53. The van der Waals surface area contributed by atoms with Gasteiger partial charge in [0.25, 0.3) is 0 Å². The van der Waals surface area contributed by atoms with Gasteiger partial charge in [0, 0.05) is 56.9 Å². The smallest absolute Gasteiger partial charge is 0.225 e. The number of hydrogen-bond acceptors (Lipinski definition) is 5. The molecule has 13 heteroatoms. The van der Waals surface area contributed by atoms with Crippen LogP contribution in [-0.2, 0) is 37.0 Å². The van der Waals surface area contributed by atoms with Gasteiger partial charge in [-0.1, -0.05) is 0 Å². The summed E-state index contributed by atoms with van der Waals surface area (Å²) in [6, 6.07) is 0.270. The molecule has 0 saturated carbocycles. The summed E-state index contributed by atoms with van der Waals surface area (Å²) in [6.07, 6.45) is 3.54. The number of rotatable bonds is 10. The maximum atomic E-state index is 14.6. The monoisotopic (exact) mass is 621 g/mol. The van der Waals surface area contributed by atoms with Gasteiger partial charge in [-0.05, 0) is 83.3 Å². The molecular formula is C28H42F3N3O5S2. The van der Waals surface area contributed by atoms with Gasteiger partial charge in [-0.3, -0.25) is 4.79 Å². The molecule has 3 aliphatic rings. The lowest BCUT2D eigenvalue weighted by molar-refractivity contribution is -0.136. The van der Waals surface area contributed by atoms with E-state index in [9.17, 15) is 30.6 Å². The topological polar surface area (TPSA) is 96.0 Å². The van der Waals surface area contributed by atoms with Crippen LogP contribution in [0.3, 0.4) is 0 Å². The van der Waals surface area contributed by atoms with Gasteiger partial charge >= 0.3 is 0 Å². The minimum Gasteiger partial charge on any atom is -0.381 e. The first-order valence-corrected chi connectivity index (χ1v) is 17.1. The fourth-order valence-corrected chi connectivity index (χ4v) is 9.17. The van der Waals surface area contributed by atoms with Crippen LogP contribution < -0.4 is 4.72 Å². The van der Waals surface area contributed by atoms with E-state index < -0.39 is 49.2 Å². The Labute approximate surface area is 244 Å². The second-order valence-electron chi connectivity index (χ2n) is 12.6. The first kappa shape index (κ1) is 32.4. The molecule has 0 aliphatic carbocycles. The van der Waals surface area contributed by atoms with Crippen LogP contribution in [0.4, 0.5) is 13.2 Å². The molecular weight excluding hydrogens is 579 g/mol. The van der Waals surface area contributed by atoms with E-state index in [2.05, 4.69) is 4.72 Å². The molecule has 0 spiro atoms. The molecule has 5 atom stereocenters. The predicted molar refractivity (Wildman–Crippen MR) is 151 cm³/mol. The number of hydrogen-bond donors (Lipinski definition) is 1. The highest BCUT2D eigenvalue weighted by molar-refractivity contribution is 7.89. The summed E-state index contributed by atoms with van der Waals surface area (Å²) in [5, 5.41) is 0. The highest BCUT2D eigenvalue weighted by atomic mass is 32.2. The molecule has 1 aromatic carbocycles. The average molecular weight is 622 g/mol. The molecule has 3 saturated heterocycles. The number of halogens is 3. The van der Waals surface area contributed by atoms with Crippen molar-refractivity contribution in [2.24, 2.45) is 11.8 Å². The number of piperidine rings is 1. The minimum atomic E-state index is -3.67. The molecule has 3 aliphatic heterocycles. The summed E-state index contributed by atoms with van der Waals surface area (Å²) >= 11 is 0. The van der Waals surface area contributed by atoms with Crippen LogP contribution in [0.25, 0.3) is 0 Å². The number of nitrogens with zero attached hydrogens (tertiary/aromatic N) is 2. The van der Waals surface area contributed by atoms with Crippen molar-refractivity contribution < 1.29 is 35.3 Å². The van der Waals surface area contributed by atoms with Crippen molar-refractivity contribution in [1.82, 2.24) is 13.9 Å². The number of sulfonamides is 1. The van der Waals surface area contributed by atoms with Crippen LogP contribution in [0.2, 0.25) is 0 Å². The van der Waals surface area contributed by atoms with Crippen LogP contribution in [-0.4, -0.2) is 83.2 Å². The molecule has 1 aromatic rings. The number of fused-ring (bicyclic) bond motifs is 2. The van der Waals surface area contributed by atoms with Gasteiger partial charge in [0.1, 0.15) is 5.82 Å². The Kier molecular flexibility index (Phi) is 10.3. The van der Waals surface area contributed by atoms with Gasteiger partial charge in [0.05, 0.1) is 21.5 Å². The summed E-state index contributed by atoms with van der Waals surface area (Å²) in [5.41, 5.74) is -0.0214. The Morgan fingerprint density at radius 2 is 1.66 bits per heavy atom. The molecule has 8 nitrogen and oxygen atoms in total. The van der Waals surface area contributed by atoms with Gasteiger partial charge in [-0.2, -0.15) is 4.31 Å². The summed E-state index contributed by atoms with van der Waals surface area (Å²) in [6.45, 7) is 6.56. The lowest BCUT2D eigenvalue weighted by atomic mass is 9.83. The van der Waals surface area contributed by atoms with Gasteiger partial charge in [-0.15, -0.1) is 0 Å². The Hall–Kier alpha value is -1.54. The number of amides is 1. The van der Waals surface area contributed by atoms with Gasteiger partial charge < -0.3 is 9.64 Å². The lowest BCUT2D eigenvalue weighted by Gasteiger charge is -2.41. The maximum Gasteiger partial charge on any atom is 0.225 e. The van der Waals surface area contributed by atoms with Crippen molar-refractivity contribution >= 4 is 26.9 Å². The summed E-state index contributed by atoms with van der Waals surface area (Å²) in [4.78, 5) is 14.3.